The molecule has 1 atom stereocenters. The smallest absolute Gasteiger partial charge is 0.244 e. The van der Waals surface area contributed by atoms with Gasteiger partial charge in [-0.25, -0.2) is 8.42 Å². The summed E-state index contributed by atoms with van der Waals surface area (Å²) in [6, 6.07) is 7.74. The van der Waals surface area contributed by atoms with E-state index in [2.05, 4.69) is 10.4 Å². The van der Waals surface area contributed by atoms with Crippen LogP contribution in [0.15, 0.2) is 41.4 Å². The topological polar surface area (TPSA) is 84.3 Å². The number of halogens is 1. The van der Waals surface area contributed by atoms with Crippen LogP contribution in [-0.2, 0) is 21.4 Å². The molecule has 0 spiro atoms. The number of aromatic nitrogens is 2. The Morgan fingerprint density at radius 1 is 1.38 bits per heavy atom. The third-order valence-electron chi connectivity index (χ3n) is 4.01. The molecule has 24 heavy (non-hydrogen) atoms. The van der Waals surface area contributed by atoms with Gasteiger partial charge in [-0.15, -0.1) is 0 Å². The van der Waals surface area contributed by atoms with E-state index in [0.29, 0.717) is 0 Å². The van der Waals surface area contributed by atoms with Crippen molar-refractivity contribution in [3.8, 4) is 0 Å². The summed E-state index contributed by atoms with van der Waals surface area (Å²) < 4.78 is 29.0. The van der Waals surface area contributed by atoms with Gasteiger partial charge in [-0.3, -0.25) is 9.48 Å². The van der Waals surface area contributed by atoms with Crippen LogP contribution in [0, 0.1) is 0 Å². The van der Waals surface area contributed by atoms with Crippen LogP contribution in [0.4, 0.5) is 0 Å². The van der Waals surface area contributed by atoms with Crippen LogP contribution in [0.5, 0.6) is 0 Å². The second-order valence-electron chi connectivity index (χ2n) is 5.53. The van der Waals surface area contributed by atoms with E-state index in [4.69, 9.17) is 11.6 Å². The molecule has 9 heteroatoms. The van der Waals surface area contributed by atoms with Crippen molar-refractivity contribution in [1.29, 1.82) is 0 Å². The summed E-state index contributed by atoms with van der Waals surface area (Å²) in [5.74, 6) is -0.168. The van der Waals surface area contributed by atoms with Crippen molar-refractivity contribution in [2.75, 3.05) is 13.6 Å². The highest BCUT2D eigenvalue weighted by atomic mass is 35.5. The molecule has 0 unspecified atom stereocenters. The summed E-state index contributed by atoms with van der Waals surface area (Å²) in [6.07, 6.45) is 1.76. The van der Waals surface area contributed by atoms with Crippen LogP contribution in [-0.4, -0.2) is 42.0 Å². The molecule has 1 amide bonds. The van der Waals surface area contributed by atoms with Crippen LogP contribution >= 0.6 is 11.6 Å². The summed E-state index contributed by atoms with van der Waals surface area (Å²) >= 11 is 6.06. The number of carbonyl (C=O) groups excluding carboxylic acids is 1. The number of nitrogens with zero attached hydrogens (tertiary/aromatic N) is 3. The van der Waals surface area contributed by atoms with Crippen LogP contribution < -0.4 is 5.32 Å². The Morgan fingerprint density at radius 2 is 2.12 bits per heavy atom. The minimum Gasteiger partial charge on any atom is -0.359 e. The van der Waals surface area contributed by atoms with Crippen molar-refractivity contribution < 1.29 is 13.2 Å². The van der Waals surface area contributed by atoms with Gasteiger partial charge < -0.3 is 5.32 Å². The van der Waals surface area contributed by atoms with Gasteiger partial charge in [-0.05, 0) is 18.2 Å². The highest BCUT2D eigenvalue weighted by molar-refractivity contribution is 7.89. The van der Waals surface area contributed by atoms with Gasteiger partial charge in [0, 0.05) is 19.8 Å². The van der Waals surface area contributed by atoms with E-state index >= 15 is 0 Å². The van der Waals surface area contributed by atoms with Crippen LogP contribution in [0.2, 0.25) is 5.02 Å². The second-order valence-corrected chi connectivity index (χ2v) is 7.84. The number of hydrogen-bond donors (Lipinski definition) is 1. The highest BCUT2D eigenvalue weighted by Gasteiger charge is 2.35. The summed E-state index contributed by atoms with van der Waals surface area (Å²) in [6.45, 7) is 0.355. The summed E-state index contributed by atoms with van der Waals surface area (Å²) in [7, 11) is -2.21. The van der Waals surface area contributed by atoms with E-state index in [1.54, 1.807) is 42.2 Å². The molecule has 0 saturated heterocycles. The lowest BCUT2D eigenvalue weighted by atomic mass is 10.1. The molecule has 0 saturated carbocycles. The number of benzene rings is 1. The molecular weight excluding hydrogens is 352 g/mol. The standard InChI is InChI=1S/C15H17ClN4O3S/c1-17-15(21)8-12-10-19(9-11-6-7-18-20(11)12)24(22,23)14-5-3-2-4-13(14)16/h2-7,12H,8-10H2,1H3,(H,17,21)/t12-/m1/s1. The van der Waals surface area contributed by atoms with E-state index in [1.807, 2.05) is 0 Å². The zero-order valence-corrected chi connectivity index (χ0v) is 14.6. The van der Waals surface area contributed by atoms with E-state index in [9.17, 15) is 13.2 Å². The Hall–Kier alpha value is -1.90. The van der Waals surface area contributed by atoms with Gasteiger partial charge in [0.05, 0.1) is 29.7 Å². The zero-order chi connectivity index (χ0) is 17.3. The third kappa shape index (κ3) is 3.04. The minimum atomic E-state index is -3.76. The molecule has 1 aromatic carbocycles. The maximum Gasteiger partial charge on any atom is 0.244 e. The van der Waals surface area contributed by atoms with E-state index in [0.717, 1.165) is 5.69 Å². The first-order valence-corrected chi connectivity index (χ1v) is 9.23. The van der Waals surface area contributed by atoms with Crippen LogP contribution in [0.1, 0.15) is 18.2 Å². The molecule has 2 heterocycles. The quantitative estimate of drug-likeness (QED) is 0.884. The van der Waals surface area contributed by atoms with Crippen molar-refractivity contribution in [1.82, 2.24) is 19.4 Å². The fraction of sp³-hybridized carbons (Fsp3) is 0.333. The number of sulfonamides is 1. The number of fused-ring (bicyclic) bond motifs is 1. The van der Waals surface area contributed by atoms with Crippen molar-refractivity contribution in [2.24, 2.45) is 0 Å². The van der Waals surface area contributed by atoms with Gasteiger partial charge >= 0.3 is 0 Å². The van der Waals surface area contributed by atoms with Crippen molar-refractivity contribution in [2.45, 2.75) is 23.9 Å². The van der Waals surface area contributed by atoms with E-state index < -0.39 is 10.0 Å². The zero-order valence-electron chi connectivity index (χ0n) is 13.0. The number of rotatable bonds is 4. The number of nitrogens with one attached hydrogen (secondary N) is 1. The molecule has 2 aromatic rings. The average molecular weight is 369 g/mol. The van der Waals surface area contributed by atoms with Crippen molar-refractivity contribution in [3.63, 3.8) is 0 Å². The van der Waals surface area contributed by atoms with Crippen molar-refractivity contribution in [3.05, 3.63) is 47.2 Å². The molecule has 7 nitrogen and oxygen atoms in total. The Labute approximate surface area is 145 Å². The molecule has 128 valence electrons. The molecule has 0 bridgehead atoms. The van der Waals surface area contributed by atoms with E-state index in [1.165, 1.54) is 10.4 Å². The Morgan fingerprint density at radius 3 is 2.83 bits per heavy atom. The Balaban J connectivity index is 1.96. The lowest BCUT2D eigenvalue weighted by Gasteiger charge is -2.33. The Bertz CT molecular complexity index is 865. The third-order valence-corrected chi connectivity index (χ3v) is 6.32. The number of hydrogen-bond acceptors (Lipinski definition) is 4. The normalized spacial score (nSPS) is 18.2. The minimum absolute atomic E-state index is 0.0679. The predicted octanol–water partition coefficient (Wildman–Crippen LogP) is 1.42. The second kappa shape index (κ2) is 6.54. The first-order chi connectivity index (χ1) is 11.4. The van der Waals surface area contributed by atoms with Gasteiger partial charge in [0.15, 0.2) is 0 Å². The first kappa shape index (κ1) is 16.9. The van der Waals surface area contributed by atoms with Crippen molar-refractivity contribution >= 4 is 27.5 Å². The van der Waals surface area contributed by atoms with Crippen LogP contribution in [0.3, 0.4) is 0 Å². The molecule has 1 aliphatic heterocycles. The average Bonchev–Trinajstić information content (AvgIpc) is 3.03. The van der Waals surface area contributed by atoms with Gasteiger partial charge in [0.25, 0.3) is 0 Å². The van der Waals surface area contributed by atoms with Crippen LogP contribution in [0.25, 0.3) is 0 Å². The summed E-state index contributed by atoms with van der Waals surface area (Å²) in [5.41, 5.74) is 0.741. The molecule has 1 aromatic heterocycles. The largest absolute Gasteiger partial charge is 0.359 e. The molecule has 0 aliphatic carbocycles. The summed E-state index contributed by atoms with van der Waals surface area (Å²) in [4.78, 5) is 11.8. The Kier molecular flexibility index (Phi) is 4.62. The number of carbonyl (C=O) groups is 1. The lowest BCUT2D eigenvalue weighted by molar-refractivity contribution is -0.121. The maximum atomic E-state index is 13.0. The molecule has 3 rings (SSSR count). The fourth-order valence-corrected chi connectivity index (χ4v) is 4.74. The molecule has 1 aliphatic rings. The molecule has 1 N–H and O–H groups in total. The monoisotopic (exact) mass is 368 g/mol. The molecule has 0 radical (unpaired) electrons. The lowest BCUT2D eigenvalue weighted by Crippen LogP contribution is -2.42. The van der Waals surface area contributed by atoms with Gasteiger partial charge in [-0.2, -0.15) is 9.40 Å². The highest BCUT2D eigenvalue weighted by Crippen LogP contribution is 2.30. The number of amides is 1. The SMILES string of the molecule is CNC(=O)C[C@@H]1CN(S(=O)(=O)c2ccccc2Cl)Cc2ccnn21. The first-order valence-electron chi connectivity index (χ1n) is 7.41. The molecular formula is C15H17ClN4O3S. The summed E-state index contributed by atoms with van der Waals surface area (Å²) in [5, 5.41) is 6.96. The van der Waals surface area contributed by atoms with Gasteiger partial charge in [-0.1, -0.05) is 23.7 Å². The maximum absolute atomic E-state index is 13.0. The van der Waals surface area contributed by atoms with Gasteiger partial charge in [0.2, 0.25) is 15.9 Å². The van der Waals surface area contributed by atoms with Gasteiger partial charge in [0.1, 0.15) is 4.90 Å². The molecule has 0 fully saturated rings. The predicted molar refractivity (Wildman–Crippen MR) is 89.0 cm³/mol. The fourth-order valence-electron chi connectivity index (χ4n) is 2.80. The van der Waals surface area contributed by atoms with E-state index in [-0.39, 0.29) is 41.4 Å².